The van der Waals surface area contributed by atoms with Gasteiger partial charge in [-0.3, -0.25) is 4.79 Å². The molecule has 2 heterocycles. The first-order valence-electron chi connectivity index (χ1n) is 4.79. The zero-order chi connectivity index (χ0) is 9.97. The summed E-state index contributed by atoms with van der Waals surface area (Å²) < 4.78 is 0. The first-order valence-corrected chi connectivity index (χ1v) is 4.79. The number of aromatic nitrogens is 1. The number of amides is 1. The van der Waals surface area contributed by atoms with Crippen LogP contribution in [0.15, 0.2) is 18.3 Å². The molecule has 2 rings (SSSR count). The monoisotopic (exact) mass is 191 g/mol. The smallest absolute Gasteiger partial charge is 0.242 e. The largest absolute Gasteiger partial charge is 0.358 e. The fourth-order valence-electron chi connectivity index (χ4n) is 1.62. The highest BCUT2D eigenvalue weighted by molar-refractivity contribution is 5.86. The van der Waals surface area contributed by atoms with Gasteiger partial charge in [-0.1, -0.05) is 6.07 Å². The molecule has 14 heavy (non-hydrogen) atoms. The second kappa shape index (κ2) is 3.65. The molecule has 0 aromatic carbocycles. The highest BCUT2D eigenvalue weighted by Crippen LogP contribution is 2.22. The maximum Gasteiger partial charge on any atom is 0.242 e. The van der Waals surface area contributed by atoms with Gasteiger partial charge in [-0.05, 0) is 18.6 Å². The summed E-state index contributed by atoms with van der Waals surface area (Å²) in [6.45, 7) is 2.58. The molecular weight excluding hydrogens is 178 g/mol. The number of fused-ring (bicyclic) bond motifs is 1. The third-order valence-electron chi connectivity index (χ3n) is 2.29. The molecule has 1 atom stereocenters. The minimum absolute atomic E-state index is 0.0468. The van der Waals surface area contributed by atoms with Crippen molar-refractivity contribution in [1.29, 1.82) is 0 Å². The van der Waals surface area contributed by atoms with Gasteiger partial charge in [-0.25, -0.2) is 4.98 Å². The molecule has 0 spiro atoms. The summed E-state index contributed by atoms with van der Waals surface area (Å²) in [5.41, 5.74) is 1.11. The molecule has 0 radical (unpaired) electrons. The number of likely N-dealkylation sites (N-methyl/N-ethyl adjacent to an activating group) is 1. The summed E-state index contributed by atoms with van der Waals surface area (Å²) in [5.74, 6) is 0.884. The predicted molar refractivity (Wildman–Crippen MR) is 54.0 cm³/mol. The second-order valence-corrected chi connectivity index (χ2v) is 3.31. The second-order valence-electron chi connectivity index (χ2n) is 3.31. The zero-order valence-electron chi connectivity index (χ0n) is 8.08. The van der Waals surface area contributed by atoms with Crippen molar-refractivity contribution in [2.24, 2.45) is 0 Å². The van der Waals surface area contributed by atoms with Crippen molar-refractivity contribution in [1.82, 2.24) is 10.3 Å². The van der Waals surface area contributed by atoms with Gasteiger partial charge in [0.15, 0.2) is 0 Å². The van der Waals surface area contributed by atoms with Crippen LogP contribution in [0.3, 0.4) is 0 Å². The van der Waals surface area contributed by atoms with Crippen molar-refractivity contribution in [2.45, 2.75) is 19.4 Å². The molecule has 4 heteroatoms. The van der Waals surface area contributed by atoms with Crippen molar-refractivity contribution in [3.63, 3.8) is 0 Å². The number of nitrogens with zero attached hydrogens (tertiary/aromatic N) is 1. The van der Waals surface area contributed by atoms with E-state index in [0.717, 1.165) is 17.8 Å². The molecule has 1 aromatic heterocycles. The van der Waals surface area contributed by atoms with Crippen molar-refractivity contribution >= 4 is 11.7 Å². The number of hydrogen-bond acceptors (Lipinski definition) is 3. The summed E-state index contributed by atoms with van der Waals surface area (Å²) in [6.07, 6.45) is 2.46. The summed E-state index contributed by atoms with van der Waals surface area (Å²) in [4.78, 5) is 15.7. The molecule has 1 aliphatic rings. The average molecular weight is 191 g/mol. The SMILES string of the molecule is CCNC(=O)C1Cc2cccnc2N1. The minimum Gasteiger partial charge on any atom is -0.358 e. The van der Waals surface area contributed by atoms with E-state index in [4.69, 9.17) is 0 Å². The van der Waals surface area contributed by atoms with Gasteiger partial charge in [0.25, 0.3) is 0 Å². The lowest BCUT2D eigenvalue weighted by molar-refractivity contribution is -0.121. The van der Waals surface area contributed by atoms with E-state index in [1.165, 1.54) is 0 Å². The maximum atomic E-state index is 11.5. The van der Waals surface area contributed by atoms with Crippen LogP contribution in [-0.2, 0) is 11.2 Å². The summed E-state index contributed by atoms with van der Waals surface area (Å²) in [7, 11) is 0. The molecule has 0 saturated heterocycles. The first-order chi connectivity index (χ1) is 6.81. The van der Waals surface area contributed by atoms with Crippen molar-refractivity contribution in [3.05, 3.63) is 23.9 Å². The number of carbonyl (C=O) groups excluding carboxylic acids is 1. The van der Waals surface area contributed by atoms with E-state index in [1.54, 1.807) is 6.20 Å². The molecular formula is C10H13N3O. The molecule has 1 unspecified atom stereocenters. The Morgan fingerprint density at radius 2 is 2.64 bits per heavy atom. The zero-order valence-corrected chi connectivity index (χ0v) is 8.08. The van der Waals surface area contributed by atoms with E-state index in [0.29, 0.717) is 6.54 Å². The molecule has 4 nitrogen and oxygen atoms in total. The van der Waals surface area contributed by atoms with Gasteiger partial charge < -0.3 is 10.6 Å². The van der Waals surface area contributed by atoms with Crippen LogP contribution < -0.4 is 10.6 Å². The van der Waals surface area contributed by atoms with E-state index in [2.05, 4.69) is 15.6 Å². The number of hydrogen-bond donors (Lipinski definition) is 2. The standard InChI is InChI=1S/C10H13N3O/c1-2-11-10(14)8-6-7-4-3-5-12-9(7)13-8/h3-5,8H,2,6H2,1H3,(H,11,14)(H,12,13). The van der Waals surface area contributed by atoms with Gasteiger partial charge in [-0.2, -0.15) is 0 Å². The third kappa shape index (κ3) is 1.55. The predicted octanol–water partition coefficient (Wildman–Crippen LogP) is 0.554. The lowest BCUT2D eigenvalue weighted by Crippen LogP contribution is -2.38. The minimum atomic E-state index is -0.153. The van der Waals surface area contributed by atoms with Crippen LogP contribution in [0.2, 0.25) is 0 Å². The summed E-state index contributed by atoms with van der Waals surface area (Å²) in [5, 5.41) is 5.89. The fraction of sp³-hybridized carbons (Fsp3) is 0.400. The maximum absolute atomic E-state index is 11.5. The Kier molecular flexibility index (Phi) is 2.35. The number of carbonyl (C=O) groups is 1. The highest BCUT2D eigenvalue weighted by Gasteiger charge is 2.26. The van der Waals surface area contributed by atoms with E-state index in [9.17, 15) is 4.79 Å². The van der Waals surface area contributed by atoms with Crippen LogP contribution >= 0.6 is 0 Å². The number of pyridine rings is 1. The van der Waals surface area contributed by atoms with Crippen LogP contribution in [0.1, 0.15) is 12.5 Å². The first kappa shape index (κ1) is 8.99. The lowest BCUT2D eigenvalue weighted by Gasteiger charge is -2.09. The third-order valence-corrected chi connectivity index (χ3v) is 2.29. The molecule has 0 bridgehead atoms. The molecule has 0 aliphatic carbocycles. The molecule has 1 amide bonds. The normalized spacial score (nSPS) is 18.5. The highest BCUT2D eigenvalue weighted by atomic mass is 16.2. The fourth-order valence-corrected chi connectivity index (χ4v) is 1.62. The molecule has 0 fully saturated rings. The molecule has 0 saturated carbocycles. The Morgan fingerprint density at radius 1 is 1.79 bits per heavy atom. The van der Waals surface area contributed by atoms with Gasteiger partial charge in [0, 0.05) is 19.2 Å². The number of nitrogens with one attached hydrogen (secondary N) is 2. The van der Waals surface area contributed by atoms with Gasteiger partial charge in [0.05, 0.1) is 0 Å². The van der Waals surface area contributed by atoms with Crippen LogP contribution in [0.4, 0.5) is 5.82 Å². The van der Waals surface area contributed by atoms with Crippen LogP contribution in [0.5, 0.6) is 0 Å². The van der Waals surface area contributed by atoms with Gasteiger partial charge in [0.2, 0.25) is 5.91 Å². The van der Waals surface area contributed by atoms with Crippen LogP contribution in [0, 0.1) is 0 Å². The lowest BCUT2D eigenvalue weighted by atomic mass is 10.1. The summed E-state index contributed by atoms with van der Waals surface area (Å²) >= 11 is 0. The average Bonchev–Trinajstić information content (AvgIpc) is 2.61. The molecule has 1 aliphatic heterocycles. The van der Waals surface area contributed by atoms with Crippen LogP contribution in [0.25, 0.3) is 0 Å². The van der Waals surface area contributed by atoms with E-state index < -0.39 is 0 Å². The van der Waals surface area contributed by atoms with E-state index in [-0.39, 0.29) is 11.9 Å². The number of rotatable bonds is 2. The van der Waals surface area contributed by atoms with Crippen LogP contribution in [-0.4, -0.2) is 23.5 Å². The quantitative estimate of drug-likeness (QED) is 0.718. The Bertz CT molecular complexity index is 326. The summed E-state index contributed by atoms with van der Waals surface area (Å²) in [6, 6.07) is 3.73. The molecule has 74 valence electrons. The van der Waals surface area contributed by atoms with E-state index in [1.807, 2.05) is 19.1 Å². The van der Waals surface area contributed by atoms with Crippen molar-refractivity contribution in [2.75, 3.05) is 11.9 Å². The number of anilines is 1. The molecule has 2 N–H and O–H groups in total. The Labute approximate surface area is 82.7 Å². The Morgan fingerprint density at radius 3 is 3.36 bits per heavy atom. The van der Waals surface area contributed by atoms with Gasteiger partial charge in [0.1, 0.15) is 11.9 Å². The Balaban J connectivity index is 2.08. The molecule has 1 aromatic rings. The van der Waals surface area contributed by atoms with Gasteiger partial charge in [-0.15, -0.1) is 0 Å². The topological polar surface area (TPSA) is 54.0 Å². The van der Waals surface area contributed by atoms with Crippen molar-refractivity contribution < 1.29 is 4.79 Å². The Hall–Kier alpha value is -1.58. The van der Waals surface area contributed by atoms with Gasteiger partial charge >= 0.3 is 0 Å². The van der Waals surface area contributed by atoms with Crippen molar-refractivity contribution in [3.8, 4) is 0 Å². The van der Waals surface area contributed by atoms with E-state index >= 15 is 0 Å².